The van der Waals surface area contributed by atoms with Gasteiger partial charge in [-0.25, -0.2) is 0 Å². The van der Waals surface area contributed by atoms with E-state index in [0.29, 0.717) is 5.92 Å². The molecule has 1 aromatic heterocycles. The Morgan fingerprint density at radius 2 is 2.00 bits per heavy atom. The summed E-state index contributed by atoms with van der Waals surface area (Å²) in [4.78, 5) is 27.3. The van der Waals surface area contributed by atoms with Crippen molar-refractivity contribution in [2.24, 2.45) is 11.8 Å². The number of rotatable bonds is 4. The molecule has 0 radical (unpaired) electrons. The second-order valence-corrected chi connectivity index (χ2v) is 7.27. The number of carbonyl (C=O) groups excluding carboxylic acids is 2. The van der Waals surface area contributed by atoms with E-state index in [1.165, 1.54) is 0 Å². The molecular weight excluding hydrogens is 284 g/mol. The Kier molecular flexibility index (Phi) is 3.78. The van der Waals surface area contributed by atoms with E-state index < -0.39 is 0 Å². The predicted molar refractivity (Wildman–Crippen MR) is 82.9 cm³/mol. The number of amides is 2. The van der Waals surface area contributed by atoms with Crippen LogP contribution < -0.4 is 5.32 Å². The van der Waals surface area contributed by atoms with Crippen molar-refractivity contribution in [3.8, 4) is 0 Å². The van der Waals surface area contributed by atoms with Gasteiger partial charge >= 0.3 is 0 Å². The molecule has 1 aliphatic heterocycles. The lowest BCUT2D eigenvalue weighted by Crippen LogP contribution is -2.65. The topological polar surface area (TPSA) is 49.4 Å². The van der Waals surface area contributed by atoms with Gasteiger partial charge in [0.1, 0.15) is 12.1 Å². The first-order valence-electron chi connectivity index (χ1n) is 7.65. The summed E-state index contributed by atoms with van der Waals surface area (Å²) >= 11 is 1.62. The molecule has 0 aromatic carbocycles. The summed E-state index contributed by atoms with van der Waals surface area (Å²) < 4.78 is 0. The fourth-order valence-electron chi connectivity index (χ4n) is 3.20. The first kappa shape index (κ1) is 14.6. The summed E-state index contributed by atoms with van der Waals surface area (Å²) in [7, 11) is 0. The Hall–Kier alpha value is -1.36. The fourth-order valence-corrected chi connectivity index (χ4v) is 3.95. The molecule has 2 fully saturated rings. The lowest BCUT2D eigenvalue weighted by atomic mass is 9.92. The van der Waals surface area contributed by atoms with Crippen molar-refractivity contribution >= 4 is 23.2 Å². The normalized spacial score (nSPS) is 27.9. The largest absolute Gasteiger partial charge is 0.342 e. The van der Waals surface area contributed by atoms with Crippen LogP contribution in [0, 0.1) is 11.8 Å². The molecule has 0 bridgehead atoms. The smallest absolute Gasteiger partial charge is 0.246 e. The molecule has 4 nitrogen and oxygen atoms in total. The lowest BCUT2D eigenvalue weighted by molar-refractivity contribution is -0.154. The number of piperazine rings is 1. The molecule has 1 saturated heterocycles. The zero-order valence-corrected chi connectivity index (χ0v) is 13.5. The van der Waals surface area contributed by atoms with Crippen molar-refractivity contribution in [2.45, 2.75) is 51.7 Å². The molecule has 3 atom stereocenters. The van der Waals surface area contributed by atoms with Gasteiger partial charge in [0.2, 0.25) is 11.8 Å². The van der Waals surface area contributed by atoms with Gasteiger partial charge in [-0.1, -0.05) is 13.8 Å². The van der Waals surface area contributed by atoms with Crippen LogP contribution in [0.4, 0.5) is 0 Å². The van der Waals surface area contributed by atoms with Crippen LogP contribution in [-0.2, 0) is 9.59 Å². The molecule has 0 spiro atoms. The first-order valence-corrected chi connectivity index (χ1v) is 8.59. The van der Waals surface area contributed by atoms with Crippen LogP contribution >= 0.6 is 11.3 Å². The predicted octanol–water partition coefficient (Wildman–Crippen LogP) is 2.57. The molecule has 1 N–H and O–H groups in total. The van der Waals surface area contributed by atoms with Crippen LogP contribution in [0.1, 0.15) is 45.2 Å². The molecule has 2 aliphatic rings. The third kappa shape index (κ3) is 2.59. The van der Waals surface area contributed by atoms with Gasteiger partial charge in [-0.2, -0.15) is 11.3 Å². The summed E-state index contributed by atoms with van der Waals surface area (Å²) in [6.45, 7) is 6.03. The third-order valence-electron chi connectivity index (χ3n) is 4.55. The van der Waals surface area contributed by atoms with Gasteiger partial charge in [0.15, 0.2) is 0 Å². The summed E-state index contributed by atoms with van der Waals surface area (Å²) in [6, 6.07) is 1.30. The maximum atomic E-state index is 12.9. The van der Waals surface area contributed by atoms with Crippen molar-refractivity contribution in [2.75, 3.05) is 0 Å². The summed E-state index contributed by atoms with van der Waals surface area (Å²) in [5.41, 5.74) is 1.11. The van der Waals surface area contributed by atoms with Crippen LogP contribution in [0.2, 0.25) is 0 Å². The second-order valence-electron chi connectivity index (χ2n) is 6.49. The van der Waals surface area contributed by atoms with Crippen LogP contribution in [0.25, 0.3) is 0 Å². The molecule has 1 aliphatic carbocycles. The number of nitrogens with zero attached hydrogens (tertiary/aromatic N) is 1. The number of thiophene rings is 1. The van der Waals surface area contributed by atoms with Crippen molar-refractivity contribution < 1.29 is 9.59 Å². The molecule has 3 rings (SSSR count). The standard InChI is InChI=1S/C16H22N2O2S/c1-9(2)14-15(19)17-13(11-4-5-11)16(20)18(14)10(3)12-6-7-21-8-12/h6-11,13-14H,4-5H2,1-3H3,(H,17,19). The molecule has 5 heteroatoms. The lowest BCUT2D eigenvalue weighted by Gasteiger charge is -2.44. The monoisotopic (exact) mass is 306 g/mol. The molecule has 2 amide bonds. The molecule has 2 heterocycles. The highest BCUT2D eigenvalue weighted by molar-refractivity contribution is 7.07. The van der Waals surface area contributed by atoms with E-state index in [1.807, 2.05) is 37.1 Å². The number of hydrogen-bond acceptors (Lipinski definition) is 3. The highest BCUT2D eigenvalue weighted by atomic mass is 32.1. The van der Waals surface area contributed by atoms with Crippen molar-refractivity contribution in [1.82, 2.24) is 10.2 Å². The maximum Gasteiger partial charge on any atom is 0.246 e. The van der Waals surface area contributed by atoms with Crippen molar-refractivity contribution in [1.29, 1.82) is 0 Å². The van der Waals surface area contributed by atoms with E-state index in [0.717, 1.165) is 18.4 Å². The Bertz CT molecular complexity index is 536. The highest BCUT2D eigenvalue weighted by Crippen LogP contribution is 2.38. The molecule has 114 valence electrons. The highest BCUT2D eigenvalue weighted by Gasteiger charge is 2.49. The Morgan fingerprint density at radius 3 is 2.52 bits per heavy atom. The quantitative estimate of drug-likeness (QED) is 0.929. The van der Waals surface area contributed by atoms with E-state index in [1.54, 1.807) is 11.3 Å². The molecule has 21 heavy (non-hydrogen) atoms. The third-order valence-corrected chi connectivity index (χ3v) is 5.26. The number of hydrogen-bond donors (Lipinski definition) is 1. The van der Waals surface area contributed by atoms with Gasteiger partial charge in [-0.3, -0.25) is 9.59 Å². The Labute approximate surface area is 129 Å². The minimum Gasteiger partial charge on any atom is -0.342 e. The Morgan fingerprint density at radius 1 is 1.29 bits per heavy atom. The number of nitrogens with one attached hydrogen (secondary N) is 1. The van der Waals surface area contributed by atoms with Gasteiger partial charge in [0, 0.05) is 0 Å². The minimum atomic E-state index is -0.373. The zero-order chi connectivity index (χ0) is 15.1. The van der Waals surface area contributed by atoms with Crippen LogP contribution in [0.5, 0.6) is 0 Å². The van der Waals surface area contributed by atoms with E-state index >= 15 is 0 Å². The first-order chi connectivity index (χ1) is 10.0. The molecule has 1 aromatic rings. The molecule has 3 unspecified atom stereocenters. The van der Waals surface area contributed by atoms with Gasteiger partial charge in [-0.05, 0) is 54.0 Å². The SMILES string of the molecule is CC(C)C1C(=O)NC(C2CC2)C(=O)N1C(C)c1ccsc1. The zero-order valence-electron chi connectivity index (χ0n) is 12.7. The van der Waals surface area contributed by atoms with E-state index in [4.69, 9.17) is 0 Å². The number of carbonyl (C=O) groups is 2. The molecular formula is C16H22N2O2S. The summed E-state index contributed by atoms with van der Waals surface area (Å²) in [6.07, 6.45) is 2.09. The van der Waals surface area contributed by atoms with E-state index in [2.05, 4.69) is 10.7 Å². The molecule has 1 saturated carbocycles. The van der Waals surface area contributed by atoms with E-state index in [9.17, 15) is 9.59 Å². The van der Waals surface area contributed by atoms with Crippen LogP contribution in [0.15, 0.2) is 16.8 Å². The van der Waals surface area contributed by atoms with Gasteiger partial charge < -0.3 is 10.2 Å². The second kappa shape index (κ2) is 5.44. The van der Waals surface area contributed by atoms with Crippen LogP contribution in [0.3, 0.4) is 0 Å². The van der Waals surface area contributed by atoms with Crippen molar-refractivity contribution in [3.63, 3.8) is 0 Å². The van der Waals surface area contributed by atoms with Gasteiger partial charge in [-0.15, -0.1) is 0 Å². The summed E-state index contributed by atoms with van der Waals surface area (Å²) in [5.74, 6) is 0.542. The van der Waals surface area contributed by atoms with Gasteiger partial charge in [0.05, 0.1) is 6.04 Å². The fraction of sp³-hybridized carbons (Fsp3) is 0.625. The summed E-state index contributed by atoms with van der Waals surface area (Å²) in [5, 5.41) is 7.04. The maximum absolute atomic E-state index is 12.9. The van der Waals surface area contributed by atoms with E-state index in [-0.39, 0.29) is 35.9 Å². The Balaban J connectivity index is 1.93. The van der Waals surface area contributed by atoms with Gasteiger partial charge in [0.25, 0.3) is 0 Å². The van der Waals surface area contributed by atoms with Crippen LogP contribution in [-0.4, -0.2) is 28.8 Å². The average molecular weight is 306 g/mol. The average Bonchev–Trinajstić information content (AvgIpc) is 3.13. The minimum absolute atomic E-state index is 0.00331. The van der Waals surface area contributed by atoms with Crippen molar-refractivity contribution in [3.05, 3.63) is 22.4 Å².